The van der Waals surface area contributed by atoms with Crippen molar-refractivity contribution in [2.24, 2.45) is 5.73 Å². The zero-order chi connectivity index (χ0) is 11.6. The molecule has 0 saturated heterocycles. The first-order valence-corrected chi connectivity index (χ1v) is 4.15. The molecular weight excluding hydrogens is 204 g/mol. The summed E-state index contributed by atoms with van der Waals surface area (Å²) >= 11 is 0. The van der Waals surface area contributed by atoms with Crippen molar-refractivity contribution in [2.75, 3.05) is 0 Å². The summed E-state index contributed by atoms with van der Waals surface area (Å²) in [4.78, 5) is 21.6. The molecule has 1 rings (SSSR count). The molecule has 1 amide bonds. The zero-order valence-electron chi connectivity index (χ0n) is 7.96. The molecule has 0 aliphatic carbocycles. The number of Topliss-reactive ketones (excluding diaryl/α,β-unsaturated/α-hetero) is 1. The Hall–Kier alpha value is -1.78. The molecule has 0 aromatic heterocycles. The minimum absolute atomic E-state index is 0.193. The maximum absolute atomic E-state index is 13.3. The predicted molar refractivity (Wildman–Crippen MR) is 49.5 cm³/mol. The Balaban J connectivity index is 3.37. The highest BCUT2D eigenvalue weighted by Gasteiger charge is 2.41. The monoisotopic (exact) mass is 213 g/mol. The molecule has 0 fully saturated rings. The molecule has 0 unspecified atom stereocenters. The van der Waals surface area contributed by atoms with E-state index < -0.39 is 23.2 Å². The number of amides is 1. The molecule has 1 aromatic rings. The van der Waals surface area contributed by atoms with Crippen LogP contribution in [-0.2, 0) is 10.7 Å². The van der Waals surface area contributed by atoms with Gasteiger partial charge in [0.15, 0.2) is 5.78 Å². The third kappa shape index (κ3) is 2.01. The fourth-order valence-electron chi connectivity index (χ4n) is 1.20. The smallest absolute Gasteiger partial charge is 0.350 e. The van der Waals surface area contributed by atoms with Gasteiger partial charge in [-0.1, -0.05) is 24.3 Å². The summed E-state index contributed by atoms with van der Waals surface area (Å²) in [7, 11) is 0. The minimum atomic E-state index is -3.82. The van der Waals surface area contributed by atoms with E-state index in [0.29, 0.717) is 0 Å². The molecule has 0 bridgehead atoms. The van der Waals surface area contributed by atoms with Crippen LogP contribution in [0.25, 0.3) is 0 Å². The van der Waals surface area contributed by atoms with Gasteiger partial charge >= 0.3 is 5.92 Å². The van der Waals surface area contributed by atoms with Crippen LogP contribution in [-0.4, -0.2) is 11.7 Å². The van der Waals surface area contributed by atoms with Crippen molar-refractivity contribution in [3.63, 3.8) is 0 Å². The quantitative estimate of drug-likeness (QED) is 0.773. The fourth-order valence-corrected chi connectivity index (χ4v) is 1.20. The van der Waals surface area contributed by atoms with Crippen molar-refractivity contribution < 1.29 is 18.4 Å². The molecule has 15 heavy (non-hydrogen) atoms. The number of hydrogen-bond donors (Lipinski definition) is 1. The maximum atomic E-state index is 13.3. The van der Waals surface area contributed by atoms with Crippen molar-refractivity contribution in [3.8, 4) is 0 Å². The first-order valence-electron chi connectivity index (χ1n) is 4.15. The lowest BCUT2D eigenvalue weighted by Crippen LogP contribution is -2.34. The highest BCUT2D eigenvalue weighted by atomic mass is 19.3. The molecule has 0 atom stereocenters. The van der Waals surface area contributed by atoms with Gasteiger partial charge in [-0.3, -0.25) is 9.59 Å². The van der Waals surface area contributed by atoms with Crippen LogP contribution < -0.4 is 5.73 Å². The highest BCUT2D eigenvalue weighted by molar-refractivity contribution is 5.98. The summed E-state index contributed by atoms with van der Waals surface area (Å²) in [5, 5.41) is 0. The van der Waals surface area contributed by atoms with Gasteiger partial charge in [0.1, 0.15) is 0 Å². The van der Waals surface area contributed by atoms with Gasteiger partial charge in [0.25, 0.3) is 5.91 Å². The second-order valence-corrected chi connectivity index (χ2v) is 3.04. The Kier molecular flexibility index (Phi) is 2.83. The van der Waals surface area contributed by atoms with Gasteiger partial charge in [0.2, 0.25) is 0 Å². The number of rotatable bonds is 3. The molecule has 80 valence electrons. The number of hydrogen-bond acceptors (Lipinski definition) is 2. The van der Waals surface area contributed by atoms with Gasteiger partial charge in [-0.25, -0.2) is 0 Å². The maximum Gasteiger partial charge on any atom is 0.350 e. The summed E-state index contributed by atoms with van der Waals surface area (Å²) in [6.07, 6.45) is 0. The predicted octanol–water partition coefficient (Wildman–Crippen LogP) is 1.47. The summed E-state index contributed by atoms with van der Waals surface area (Å²) in [6, 6.07) is 5.01. The fraction of sp³-hybridized carbons (Fsp3) is 0.200. The van der Waals surface area contributed by atoms with Crippen LogP contribution in [0.5, 0.6) is 0 Å². The third-order valence-electron chi connectivity index (χ3n) is 1.95. The van der Waals surface area contributed by atoms with E-state index in [4.69, 9.17) is 0 Å². The van der Waals surface area contributed by atoms with E-state index >= 15 is 0 Å². The summed E-state index contributed by atoms with van der Waals surface area (Å²) in [5.74, 6) is -6.12. The molecule has 5 heteroatoms. The number of halogens is 2. The molecule has 0 radical (unpaired) electrons. The van der Waals surface area contributed by atoms with E-state index in [2.05, 4.69) is 5.73 Å². The van der Waals surface area contributed by atoms with Crippen LogP contribution in [0.3, 0.4) is 0 Å². The molecular formula is C10H9F2NO2. The SMILES string of the molecule is CC(=O)c1ccccc1C(F)(F)C(N)=O. The van der Waals surface area contributed by atoms with Crippen LogP contribution in [0.4, 0.5) is 8.78 Å². The number of primary amides is 1. The van der Waals surface area contributed by atoms with Gasteiger partial charge in [-0.15, -0.1) is 0 Å². The number of ketones is 1. The Morgan fingerprint density at radius 2 is 1.80 bits per heavy atom. The Bertz CT molecular complexity index is 416. The molecule has 0 aliphatic heterocycles. The van der Waals surface area contributed by atoms with E-state index in [1.54, 1.807) is 0 Å². The van der Waals surface area contributed by atoms with Gasteiger partial charge in [0.05, 0.1) is 0 Å². The van der Waals surface area contributed by atoms with Crippen molar-refractivity contribution in [1.82, 2.24) is 0 Å². The average molecular weight is 213 g/mol. The van der Waals surface area contributed by atoms with Crippen molar-refractivity contribution in [2.45, 2.75) is 12.8 Å². The second kappa shape index (κ2) is 3.76. The highest BCUT2D eigenvalue weighted by Crippen LogP contribution is 2.30. The number of nitrogens with two attached hydrogens (primary N) is 1. The lowest BCUT2D eigenvalue weighted by Gasteiger charge is -2.15. The number of carbonyl (C=O) groups is 2. The lowest BCUT2D eigenvalue weighted by molar-refractivity contribution is -0.143. The van der Waals surface area contributed by atoms with Crippen LogP contribution in [0.1, 0.15) is 22.8 Å². The minimum Gasteiger partial charge on any atom is -0.364 e. The van der Waals surface area contributed by atoms with E-state index in [1.807, 2.05) is 0 Å². The second-order valence-electron chi connectivity index (χ2n) is 3.04. The largest absolute Gasteiger partial charge is 0.364 e. The van der Waals surface area contributed by atoms with Crippen molar-refractivity contribution in [3.05, 3.63) is 35.4 Å². The topological polar surface area (TPSA) is 60.2 Å². The summed E-state index contributed by atoms with van der Waals surface area (Å²) < 4.78 is 26.5. The first kappa shape index (κ1) is 11.3. The molecule has 0 spiro atoms. The molecule has 0 saturated carbocycles. The number of carbonyl (C=O) groups excluding carboxylic acids is 2. The number of alkyl halides is 2. The lowest BCUT2D eigenvalue weighted by atomic mass is 9.99. The van der Waals surface area contributed by atoms with Crippen molar-refractivity contribution >= 4 is 11.7 Å². The van der Waals surface area contributed by atoms with E-state index in [0.717, 1.165) is 13.0 Å². The Morgan fingerprint density at radius 3 is 2.27 bits per heavy atom. The Morgan fingerprint density at radius 1 is 1.27 bits per heavy atom. The average Bonchev–Trinajstić information content (AvgIpc) is 2.17. The van der Waals surface area contributed by atoms with E-state index in [9.17, 15) is 18.4 Å². The molecule has 1 aromatic carbocycles. The number of benzene rings is 1. The van der Waals surface area contributed by atoms with Crippen LogP contribution in [0.15, 0.2) is 24.3 Å². The molecule has 0 aliphatic rings. The standard InChI is InChI=1S/C10H9F2NO2/c1-6(14)7-4-2-3-5-8(7)10(11,12)9(13)15/h2-5H,1H3,(H2,13,15). The van der Waals surface area contributed by atoms with Crippen LogP contribution in [0, 0.1) is 0 Å². The van der Waals surface area contributed by atoms with E-state index in [-0.39, 0.29) is 5.56 Å². The molecule has 3 nitrogen and oxygen atoms in total. The third-order valence-corrected chi connectivity index (χ3v) is 1.95. The van der Waals surface area contributed by atoms with Gasteiger partial charge in [0, 0.05) is 11.1 Å². The first-order chi connectivity index (χ1) is 6.87. The van der Waals surface area contributed by atoms with Crippen molar-refractivity contribution in [1.29, 1.82) is 0 Å². The molecule has 2 N–H and O–H groups in total. The van der Waals surface area contributed by atoms with Crippen LogP contribution in [0.2, 0.25) is 0 Å². The van der Waals surface area contributed by atoms with E-state index in [1.165, 1.54) is 18.2 Å². The molecule has 0 heterocycles. The zero-order valence-corrected chi connectivity index (χ0v) is 7.96. The summed E-state index contributed by atoms with van der Waals surface area (Å²) in [5.41, 5.74) is 3.73. The van der Waals surface area contributed by atoms with Gasteiger partial charge in [-0.2, -0.15) is 8.78 Å². The van der Waals surface area contributed by atoms with Gasteiger partial charge in [-0.05, 0) is 6.92 Å². The van der Waals surface area contributed by atoms with Gasteiger partial charge < -0.3 is 5.73 Å². The summed E-state index contributed by atoms with van der Waals surface area (Å²) in [6.45, 7) is 1.15. The normalized spacial score (nSPS) is 11.1. The Labute approximate surface area is 84.9 Å². The van der Waals surface area contributed by atoms with Crippen LogP contribution >= 0.6 is 0 Å².